The standard InChI is InChI=1S/C10H11NO7/c1-4-17-9(13)6-5(8(12)15-2)7(18-11-6)10(14)16-3/h4H2,1-3H3. The quantitative estimate of drug-likeness (QED) is 0.564. The molecule has 0 fully saturated rings. The molecule has 0 aliphatic carbocycles. The number of carbonyl (C=O) groups excluding carboxylic acids is 3. The van der Waals surface area contributed by atoms with Gasteiger partial charge in [0.2, 0.25) is 5.69 Å². The number of esters is 3. The van der Waals surface area contributed by atoms with E-state index in [1.165, 1.54) is 0 Å². The van der Waals surface area contributed by atoms with Gasteiger partial charge in [0.1, 0.15) is 5.56 Å². The summed E-state index contributed by atoms with van der Waals surface area (Å²) in [5.74, 6) is -3.29. The van der Waals surface area contributed by atoms with Crippen molar-refractivity contribution in [3.05, 3.63) is 17.0 Å². The van der Waals surface area contributed by atoms with Crippen LogP contribution >= 0.6 is 0 Å². The van der Waals surface area contributed by atoms with Crippen LogP contribution in [0.25, 0.3) is 0 Å². The lowest BCUT2D eigenvalue weighted by atomic mass is 10.2. The van der Waals surface area contributed by atoms with Gasteiger partial charge in [0, 0.05) is 0 Å². The average Bonchev–Trinajstić information content (AvgIpc) is 2.81. The van der Waals surface area contributed by atoms with Crippen LogP contribution in [0.5, 0.6) is 0 Å². The van der Waals surface area contributed by atoms with Crippen molar-refractivity contribution in [2.45, 2.75) is 6.92 Å². The van der Waals surface area contributed by atoms with Crippen LogP contribution in [0.15, 0.2) is 4.52 Å². The molecular formula is C10H11NO7. The van der Waals surface area contributed by atoms with Gasteiger partial charge < -0.3 is 18.7 Å². The Kier molecular flexibility index (Phi) is 4.41. The van der Waals surface area contributed by atoms with Gasteiger partial charge in [-0.3, -0.25) is 0 Å². The van der Waals surface area contributed by atoms with Gasteiger partial charge in [-0.05, 0) is 6.92 Å². The molecule has 1 aromatic heterocycles. The summed E-state index contributed by atoms with van der Waals surface area (Å²) < 4.78 is 18.1. The molecule has 0 atom stereocenters. The van der Waals surface area contributed by atoms with Gasteiger partial charge in [-0.15, -0.1) is 0 Å². The summed E-state index contributed by atoms with van der Waals surface area (Å²) in [5, 5.41) is 3.32. The van der Waals surface area contributed by atoms with E-state index >= 15 is 0 Å². The smallest absolute Gasteiger partial charge is 0.377 e. The van der Waals surface area contributed by atoms with Crippen LogP contribution < -0.4 is 0 Å². The van der Waals surface area contributed by atoms with Crippen molar-refractivity contribution >= 4 is 17.9 Å². The number of hydrogen-bond acceptors (Lipinski definition) is 8. The van der Waals surface area contributed by atoms with Crippen LogP contribution in [0, 0.1) is 0 Å². The van der Waals surface area contributed by atoms with E-state index in [1.807, 2.05) is 0 Å². The number of nitrogens with zero attached hydrogens (tertiary/aromatic N) is 1. The maximum Gasteiger partial charge on any atom is 0.377 e. The van der Waals surface area contributed by atoms with Crippen molar-refractivity contribution in [3.8, 4) is 0 Å². The van der Waals surface area contributed by atoms with Crippen LogP contribution in [-0.2, 0) is 14.2 Å². The minimum atomic E-state index is -0.946. The molecule has 0 N–H and O–H groups in total. The highest BCUT2D eigenvalue weighted by Crippen LogP contribution is 2.17. The normalized spacial score (nSPS) is 9.72. The van der Waals surface area contributed by atoms with Gasteiger partial charge in [-0.2, -0.15) is 0 Å². The largest absolute Gasteiger partial charge is 0.465 e. The van der Waals surface area contributed by atoms with Crippen LogP contribution in [0.1, 0.15) is 38.3 Å². The molecule has 0 saturated heterocycles. The Labute approximate surface area is 102 Å². The van der Waals surface area contributed by atoms with E-state index in [0.717, 1.165) is 14.2 Å². The predicted molar refractivity (Wildman–Crippen MR) is 55.1 cm³/mol. The fourth-order valence-corrected chi connectivity index (χ4v) is 1.15. The molecule has 8 nitrogen and oxygen atoms in total. The minimum absolute atomic E-state index is 0.0832. The molecule has 98 valence electrons. The number of hydrogen-bond donors (Lipinski definition) is 0. The van der Waals surface area contributed by atoms with Gasteiger partial charge in [0.15, 0.2) is 0 Å². The number of methoxy groups -OCH3 is 2. The minimum Gasteiger partial charge on any atom is -0.465 e. The van der Waals surface area contributed by atoms with Crippen LogP contribution in [0.4, 0.5) is 0 Å². The first-order valence-corrected chi connectivity index (χ1v) is 4.90. The summed E-state index contributed by atoms with van der Waals surface area (Å²) in [6, 6.07) is 0. The number of rotatable bonds is 4. The van der Waals surface area contributed by atoms with Gasteiger partial charge in [-0.1, -0.05) is 5.16 Å². The van der Waals surface area contributed by atoms with Gasteiger partial charge in [0.05, 0.1) is 20.8 Å². The fourth-order valence-electron chi connectivity index (χ4n) is 1.15. The number of ether oxygens (including phenoxy) is 3. The summed E-state index contributed by atoms with van der Waals surface area (Å²) in [5.41, 5.74) is -0.841. The van der Waals surface area contributed by atoms with Crippen molar-refractivity contribution in [1.29, 1.82) is 0 Å². The van der Waals surface area contributed by atoms with Crippen molar-refractivity contribution < 1.29 is 33.1 Å². The lowest BCUT2D eigenvalue weighted by Gasteiger charge is -2.01. The highest BCUT2D eigenvalue weighted by Gasteiger charge is 2.33. The molecule has 0 saturated carbocycles. The van der Waals surface area contributed by atoms with E-state index in [1.54, 1.807) is 6.92 Å². The van der Waals surface area contributed by atoms with Crippen molar-refractivity contribution in [2.24, 2.45) is 0 Å². The summed E-state index contributed by atoms with van der Waals surface area (Å²) in [7, 11) is 2.18. The summed E-state index contributed by atoms with van der Waals surface area (Å²) in [6.07, 6.45) is 0. The SMILES string of the molecule is CCOC(=O)c1noc(C(=O)OC)c1C(=O)OC. The zero-order valence-corrected chi connectivity index (χ0v) is 10.0. The van der Waals surface area contributed by atoms with Crippen LogP contribution in [-0.4, -0.2) is 43.9 Å². The maximum atomic E-state index is 11.5. The first-order chi connectivity index (χ1) is 8.56. The van der Waals surface area contributed by atoms with Crippen molar-refractivity contribution in [3.63, 3.8) is 0 Å². The maximum absolute atomic E-state index is 11.5. The van der Waals surface area contributed by atoms with E-state index in [4.69, 9.17) is 0 Å². The second kappa shape index (κ2) is 5.80. The topological polar surface area (TPSA) is 105 Å². The third kappa shape index (κ3) is 2.47. The number of aromatic nitrogens is 1. The van der Waals surface area contributed by atoms with Crippen molar-refractivity contribution in [1.82, 2.24) is 5.16 Å². The Hall–Kier alpha value is -2.38. The van der Waals surface area contributed by atoms with E-state index in [2.05, 4.69) is 23.9 Å². The Balaban J connectivity index is 3.28. The molecular weight excluding hydrogens is 246 g/mol. The molecule has 0 aromatic carbocycles. The summed E-state index contributed by atoms with van der Waals surface area (Å²) >= 11 is 0. The predicted octanol–water partition coefficient (Wildman–Crippen LogP) is 0.424. The number of carbonyl (C=O) groups is 3. The summed E-state index contributed by atoms with van der Waals surface area (Å²) in [6.45, 7) is 1.66. The molecule has 1 rings (SSSR count). The highest BCUT2D eigenvalue weighted by molar-refractivity contribution is 6.08. The second-order valence-electron chi connectivity index (χ2n) is 2.94. The Morgan fingerprint density at radius 3 is 2.22 bits per heavy atom. The molecule has 0 unspecified atom stereocenters. The molecule has 8 heteroatoms. The summed E-state index contributed by atoms with van der Waals surface area (Å²) in [4.78, 5) is 34.3. The van der Waals surface area contributed by atoms with E-state index in [0.29, 0.717) is 0 Å². The van der Waals surface area contributed by atoms with Crippen molar-refractivity contribution in [2.75, 3.05) is 20.8 Å². The van der Waals surface area contributed by atoms with E-state index in [-0.39, 0.29) is 6.61 Å². The molecule has 18 heavy (non-hydrogen) atoms. The monoisotopic (exact) mass is 257 g/mol. The van der Waals surface area contributed by atoms with Gasteiger partial charge >= 0.3 is 17.9 Å². The fraction of sp³-hybridized carbons (Fsp3) is 0.400. The first-order valence-electron chi connectivity index (χ1n) is 4.90. The van der Waals surface area contributed by atoms with Gasteiger partial charge in [-0.25, -0.2) is 14.4 Å². The third-order valence-corrected chi connectivity index (χ3v) is 1.92. The molecule has 0 aliphatic rings. The molecule has 0 radical (unpaired) electrons. The molecule has 0 amide bonds. The molecule has 0 spiro atoms. The zero-order chi connectivity index (χ0) is 13.7. The van der Waals surface area contributed by atoms with Crippen LogP contribution in [0.2, 0.25) is 0 Å². The molecule has 1 heterocycles. The Morgan fingerprint density at radius 2 is 1.72 bits per heavy atom. The second-order valence-corrected chi connectivity index (χ2v) is 2.94. The lowest BCUT2D eigenvalue weighted by Crippen LogP contribution is -2.15. The highest BCUT2D eigenvalue weighted by atomic mass is 16.6. The van der Waals surface area contributed by atoms with E-state index < -0.39 is 34.9 Å². The third-order valence-electron chi connectivity index (χ3n) is 1.92. The average molecular weight is 257 g/mol. The first kappa shape index (κ1) is 13.7. The Bertz CT molecular complexity index is 477. The molecule has 0 aliphatic heterocycles. The Morgan fingerprint density at radius 1 is 1.11 bits per heavy atom. The molecule has 1 aromatic rings. The molecule has 0 bridgehead atoms. The lowest BCUT2D eigenvalue weighted by molar-refractivity contribution is 0.0495. The van der Waals surface area contributed by atoms with Gasteiger partial charge in [0.25, 0.3) is 5.76 Å². The van der Waals surface area contributed by atoms with Crippen LogP contribution in [0.3, 0.4) is 0 Å². The van der Waals surface area contributed by atoms with E-state index in [9.17, 15) is 14.4 Å². The zero-order valence-electron chi connectivity index (χ0n) is 10.0.